The van der Waals surface area contributed by atoms with Crippen LogP contribution in [0.25, 0.3) is 10.8 Å². The maximum atomic E-state index is 11.5. The van der Waals surface area contributed by atoms with Crippen molar-refractivity contribution in [1.82, 2.24) is 0 Å². The van der Waals surface area contributed by atoms with Crippen LogP contribution in [0.5, 0.6) is 0 Å². The monoisotopic (exact) mass is 352 g/mol. The van der Waals surface area contributed by atoms with Gasteiger partial charge in [0.1, 0.15) is 6.10 Å². The van der Waals surface area contributed by atoms with Gasteiger partial charge in [-0.05, 0) is 17.2 Å². The number of halogens is 1. The van der Waals surface area contributed by atoms with Crippen LogP contribution in [-0.2, 0) is 9.53 Å². The Bertz CT molecular complexity index is 589. The molecule has 0 N–H and O–H groups in total. The number of benzene rings is 2. The number of cyclic esters (lactones) is 1. The van der Waals surface area contributed by atoms with Crippen LogP contribution >= 0.6 is 22.6 Å². The fraction of sp³-hybridized carbons (Fsp3) is 0.267. The highest BCUT2D eigenvalue weighted by atomic mass is 127. The van der Waals surface area contributed by atoms with Gasteiger partial charge in [0.15, 0.2) is 0 Å². The summed E-state index contributed by atoms with van der Waals surface area (Å²) >= 11 is 2.39. The average Bonchev–Trinajstić information content (AvgIpc) is 2.41. The van der Waals surface area contributed by atoms with Crippen molar-refractivity contribution >= 4 is 39.3 Å². The molecule has 0 aliphatic carbocycles. The van der Waals surface area contributed by atoms with Crippen LogP contribution < -0.4 is 0 Å². The summed E-state index contributed by atoms with van der Waals surface area (Å²) in [5.41, 5.74) is 1.13. The third-order valence-corrected chi connectivity index (χ3v) is 4.62. The summed E-state index contributed by atoms with van der Waals surface area (Å²) in [6.07, 6.45) is 1.32. The van der Waals surface area contributed by atoms with Gasteiger partial charge in [-0.1, -0.05) is 65.1 Å². The van der Waals surface area contributed by atoms with E-state index in [0.717, 1.165) is 12.0 Å². The second-order valence-electron chi connectivity index (χ2n) is 4.53. The van der Waals surface area contributed by atoms with Crippen molar-refractivity contribution in [3.8, 4) is 0 Å². The lowest BCUT2D eigenvalue weighted by molar-refractivity contribution is -0.153. The van der Waals surface area contributed by atoms with E-state index in [9.17, 15) is 4.79 Å². The molecule has 0 spiro atoms. The van der Waals surface area contributed by atoms with Gasteiger partial charge in [-0.15, -0.1) is 0 Å². The Labute approximate surface area is 119 Å². The van der Waals surface area contributed by atoms with Crippen molar-refractivity contribution in [2.45, 2.75) is 22.9 Å². The molecule has 3 rings (SSSR count). The molecule has 0 aromatic heterocycles. The quantitative estimate of drug-likeness (QED) is 0.440. The van der Waals surface area contributed by atoms with E-state index in [-0.39, 0.29) is 12.1 Å². The smallest absolute Gasteiger partial charge is 0.306 e. The average molecular weight is 352 g/mol. The lowest BCUT2D eigenvalue weighted by Gasteiger charge is -2.28. The molecule has 2 atom stereocenters. The summed E-state index contributed by atoms with van der Waals surface area (Å²) in [4.78, 5) is 11.5. The molecule has 1 aliphatic heterocycles. The lowest BCUT2D eigenvalue weighted by Crippen LogP contribution is -2.26. The van der Waals surface area contributed by atoms with Crippen LogP contribution in [0.15, 0.2) is 42.5 Å². The van der Waals surface area contributed by atoms with E-state index in [4.69, 9.17) is 4.74 Å². The van der Waals surface area contributed by atoms with E-state index < -0.39 is 0 Å². The second kappa shape index (κ2) is 4.88. The molecule has 2 aromatic carbocycles. The van der Waals surface area contributed by atoms with Crippen molar-refractivity contribution in [3.05, 3.63) is 48.0 Å². The molecule has 0 amide bonds. The molecule has 0 bridgehead atoms. The Hall–Kier alpha value is -1.10. The highest BCUT2D eigenvalue weighted by Gasteiger charge is 2.30. The standard InChI is InChI=1S/C15H13IO2/c16-13-8-9-14(17)18-15(13)12-7-3-5-10-4-1-2-6-11(10)12/h1-7,13,15H,8-9H2/t13-,15+/m0/s1. The summed E-state index contributed by atoms with van der Waals surface area (Å²) in [6.45, 7) is 0. The molecular weight excluding hydrogens is 339 g/mol. The highest BCUT2D eigenvalue weighted by molar-refractivity contribution is 14.1. The number of carbonyl (C=O) groups excluding carboxylic acids is 1. The van der Waals surface area contributed by atoms with Gasteiger partial charge < -0.3 is 4.74 Å². The summed E-state index contributed by atoms with van der Waals surface area (Å²) < 4.78 is 5.90. The molecule has 1 aliphatic rings. The van der Waals surface area contributed by atoms with Gasteiger partial charge in [-0.3, -0.25) is 4.79 Å². The predicted molar refractivity (Wildman–Crippen MR) is 79.8 cm³/mol. The summed E-state index contributed by atoms with van der Waals surface area (Å²) in [7, 11) is 0. The molecule has 18 heavy (non-hydrogen) atoms. The topological polar surface area (TPSA) is 26.3 Å². The zero-order valence-electron chi connectivity index (χ0n) is 9.80. The van der Waals surface area contributed by atoms with Crippen molar-refractivity contribution in [1.29, 1.82) is 0 Å². The van der Waals surface area contributed by atoms with E-state index >= 15 is 0 Å². The zero-order valence-corrected chi connectivity index (χ0v) is 12.0. The van der Waals surface area contributed by atoms with Crippen LogP contribution in [0.3, 0.4) is 0 Å². The van der Waals surface area contributed by atoms with Gasteiger partial charge in [-0.2, -0.15) is 0 Å². The first-order valence-corrected chi connectivity index (χ1v) is 7.31. The van der Waals surface area contributed by atoms with Crippen LogP contribution in [0, 0.1) is 0 Å². The molecule has 2 nitrogen and oxygen atoms in total. The molecule has 0 saturated carbocycles. The number of alkyl halides is 1. The van der Waals surface area contributed by atoms with E-state index in [1.165, 1.54) is 10.8 Å². The summed E-state index contributed by atoms with van der Waals surface area (Å²) in [5.74, 6) is -0.0825. The maximum absolute atomic E-state index is 11.5. The molecule has 1 fully saturated rings. The van der Waals surface area contributed by atoms with Crippen LogP contribution in [0.4, 0.5) is 0 Å². The largest absolute Gasteiger partial charge is 0.456 e. The van der Waals surface area contributed by atoms with Crippen LogP contribution in [0.1, 0.15) is 24.5 Å². The molecule has 0 radical (unpaired) electrons. The summed E-state index contributed by atoms with van der Waals surface area (Å²) in [5, 5.41) is 2.38. The first-order valence-electron chi connectivity index (χ1n) is 6.07. The zero-order chi connectivity index (χ0) is 12.5. The van der Waals surface area contributed by atoms with E-state index in [0.29, 0.717) is 10.3 Å². The first kappa shape index (κ1) is 12.0. The van der Waals surface area contributed by atoms with Crippen molar-refractivity contribution in [2.75, 3.05) is 0 Å². The number of hydrogen-bond acceptors (Lipinski definition) is 2. The fourth-order valence-electron chi connectivity index (χ4n) is 2.44. The normalized spacial score (nSPS) is 23.9. The van der Waals surface area contributed by atoms with Crippen LogP contribution in [0.2, 0.25) is 0 Å². The molecule has 0 unspecified atom stereocenters. The fourth-order valence-corrected chi connectivity index (χ4v) is 3.28. The Morgan fingerprint density at radius 2 is 1.89 bits per heavy atom. The summed E-state index contributed by atoms with van der Waals surface area (Å²) in [6, 6.07) is 14.4. The maximum Gasteiger partial charge on any atom is 0.306 e. The van der Waals surface area contributed by atoms with Gasteiger partial charge in [-0.25, -0.2) is 0 Å². The Balaban J connectivity index is 2.10. The van der Waals surface area contributed by atoms with Gasteiger partial charge in [0.05, 0.1) is 3.92 Å². The molecule has 1 saturated heterocycles. The third-order valence-electron chi connectivity index (χ3n) is 3.34. The Kier molecular flexibility index (Phi) is 3.24. The minimum atomic E-state index is -0.113. The number of esters is 1. The minimum absolute atomic E-state index is 0.0825. The molecule has 1 heterocycles. The van der Waals surface area contributed by atoms with Crippen molar-refractivity contribution in [3.63, 3.8) is 0 Å². The SMILES string of the molecule is O=C1CC[C@H](I)[C@@H](c2cccc3ccccc23)O1. The third kappa shape index (κ3) is 2.11. The predicted octanol–water partition coefficient (Wildman–Crippen LogP) is 4.02. The van der Waals surface area contributed by atoms with Gasteiger partial charge in [0, 0.05) is 12.0 Å². The number of carbonyl (C=O) groups is 1. The Morgan fingerprint density at radius 3 is 2.78 bits per heavy atom. The van der Waals surface area contributed by atoms with Crippen molar-refractivity contribution < 1.29 is 9.53 Å². The van der Waals surface area contributed by atoms with E-state index in [1.54, 1.807) is 0 Å². The number of rotatable bonds is 1. The molecular formula is C15H13IO2. The van der Waals surface area contributed by atoms with Gasteiger partial charge in [0.2, 0.25) is 0 Å². The molecule has 92 valence electrons. The number of hydrogen-bond donors (Lipinski definition) is 0. The van der Waals surface area contributed by atoms with Gasteiger partial charge >= 0.3 is 5.97 Å². The van der Waals surface area contributed by atoms with Crippen LogP contribution in [-0.4, -0.2) is 9.89 Å². The first-order chi connectivity index (χ1) is 8.75. The second-order valence-corrected chi connectivity index (χ2v) is 6.13. The Morgan fingerprint density at radius 1 is 1.11 bits per heavy atom. The van der Waals surface area contributed by atoms with E-state index in [1.807, 2.05) is 18.2 Å². The highest BCUT2D eigenvalue weighted by Crippen LogP contribution is 2.37. The molecule has 3 heteroatoms. The van der Waals surface area contributed by atoms with E-state index in [2.05, 4.69) is 46.9 Å². The lowest BCUT2D eigenvalue weighted by atomic mass is 9.96. The van der Waals surface area contributed by atoms with Gasteiger partial charge in [0.25, 0.3) is 0 Å². The number of fused-ring (bicyclic) bond motifs is 1. The minimum Gasteiger partial charge on any atom is -0.456 e. The number of ether oxygens (including phenoxy) is 1. The van der Waals surface area contributed by atoms with Crippen molar-refractivity contribution in [2.24, 2.45) is 0 Å². The molecule has 2 aromatic rings.